The zero-order chi connectivity index (χ0) is 18.5. The van der Waals surface area contributed by atoms with Crippen LogP contribution in [0.5, 0.6) is 0 Å². The fraction of sp³-hybridized carbons (Fsp3) is 0.250. The van der Waals surface area contributed by atoms with Crippen molar-refractivity contribution in [2.24, 2.45) is 0 Å². The van der Waals surface area contributed by atoms with Gasteiger partial charge < -0.3 is 4.90 Å². The maximum Gasteiger partial charge on any atom is 0.0604 e. The molecule has 0 N–H and O–H groups in total. The van der Waals surface area contributed by atoms with Gasteiger partial charge in [-0.3, -0.25) is 0 Å². The molecule has 2 heteroatoms. The summed E-state index contributed by atoms with van der Waals surface area (Å²) in [5.74, 6) is 0. The Bertz CT molecular complexity index is 982. The molecule has 3 aromatic rings. The molecule has 1 nitrogen and oxygen atoms in total. The molecule has 0 saturated carbocycles. The highest BCUT2D eigenvalue weighted by atomic mass is 32.2. The standard InChI is InChI=1S/C24H25NS/c1-16-13-21-23(14-17(16)2)26-22-12-7-6-11-20(22)25(21)19-10-8-9-18(15-19)24(3,4)5/h6-15H,1-5H3. The Kier molecular flexibility index (Phi) is 4.11. The maximum absolute atomic E-state index is 2.42. The first kappa shape index (κ1) is 17.2. The van der Waals surface area contributed by atoms with Gasteiger partial charge in [-0.25, -0.2) is 0 Å². The highest BCUT2D eigenvalue weighted by molar-refractivity contribution is 7.99. The smallest absolute Gasteiger partial charge is 0.0604 e. The summed E-state index contributed by atoms with van der Waals surface area (Å²) in [4.78, 5) is 5.06. The summed E-state index contributed by atoms with van der Waals surface area (Å²) in [6.45, 7) is 11.2. The molecule has 0 radical (unpaired) electrons. The van der Waals surface area contributed by atoms with Gasteiger partial charge in [-0.1, -0.05) is 56.8 Å². The second kappa shape index (κ2) is 6.21. The van der Waals surface area contributed by atoms with Crippen LogP contribution in [0.4, 0.5) is 17.1 Å². The Hall–Kier alpha value is -2.19. The molecule has 0 fully saturated rings. The van der Waals surface area contributed by atoms with E-state index in [1.807, 2.05) is 11.8 Å². The molecule has 132 valence electrons. The lowest BCUT2D eigenvalue weighted by molar-refractivity contribution is 0.590. The summed E-state index contributed by atoms with van der Waals surface area (Å²) in [5, 5.41) is 0. The molecule has 1 heterocycles. The Morgan fingerprint density at radius 1 is 0.731 bits per heavy atom. The second-order valence-corrected chi connectivity index (χ2v) is 9.19. The number of benzene rings is 3. The predicted octanol–water partition coefficient (Wildman–Crippen LogP) is 7.54. The van der Waals surface area contributed by atoms with Gasteiger partial charge in [0.1, 0.15) is 0 Å². The van der Waals surface area contributed by atoms with E-state index in [2.05, 4.69) is 100 Å². The van der Waals surface area contributed by atoms with Crippen molar-refractivity contribution in [3.63, 3.8) is 0 Å². The van der Waals surface area contributed by atoms with Gasteiger partial charge in [0.25, 0.3) is 0 Å². The Morgan fingerprint density at radius 3 is 2.23 bits per heavy atom. The molecule has 0 bridgehead atoms. The first-order valence-electron chi connectivity index (χ1n) is 9.13. The average molecular weight is 360 g/mol. The molecule has 1 aliphatic rings. The average Bonchev–Trinajstić information content (AvgIpc) is 2.60. The van der Waals surface area contributed by atoms with Gasteiger partial charge >= 0.3 is 0 Å². The number of nitrogens with zero attached hydrogens (tertiary/aromatic N) is 1. The predicted molar refractivity (Wildman–Crippen MR) is 113 cm³/mol. The maximum atomic E-state index is 2.42. The van der Waals surface area contributed by atoms with Gasteiger partial charge in [0.05, 0.1) is 11.4 Å². The molecule has 0 amide bonds. The Balaban J connectivity index is 1.95. The highest BCUT2D eigenvalue weighted by Gasteiger charge is 2.26. The lowest BCUT2D eigenvalue weighted by Crippen LogP contribution is -2.17. The number of anilines is 3. The minimum absolute atomic E-state index is 0.131. The second-order valence-electron chi connectivity index (χ2n) is 8.11. The van der Waals surface area contributed by atoms with E-state index in [0.29, 0.717) is 0 Å². The minimum atomic E-state index is 0.131. The van der Waals surface area contributed by atoms with Crippen molar-refractivity contribution < 1.29 is 0 Å². The number of rotatable bonds is 1. The fourth-order valence-electron chi connectivity index (χ4n) is 3.40. The van der Waals surface area contributed by atoms with Crippen molar-refractivity contribution in [1.29, 1.82) is 0 Å². The molecule has 0 aromatic heterocycles. The van der Waals surface area contributed by atoms with Crippen LogP contribution in [0, 0.1) is 13.8 Å². The van der Waals surface area contributed by atoms with Gasteiger partial charge in [-0.05, 0) is 72.4 Å². The van der Waals surface area contributed by atoms with Crippen molar-refractivity contribution in [3.05, 3.63) is 77.4 Å². The van der Waals surface area contributed by atoms with E-state index in [9.17, 15) is 0 Å². The van der Waals surface area contributed by atoms with Crippen LogP contribution >= 0.6 is 11.8 Å². The summed E-state index contributed by atoms with van der Waals surface area (Å²) in [7, 11) is 0. The van der Waals surface area contributed by atoms with E-state index in [-0.39, 0.29) is 5.41 Å². The quantitative estimate of drug-likeness (QED) is 0.345. The van der Waals surface area contributed by atoms with Crippen LogP contribution in [0.15, 0.2) is 70.5 Å². The molecule has 26 heavy (non-hydrogen) atoms. The van der Waals surface area contributed by atoms with Crippen LogP contribution in [-0.2, 0) is 5.41 Å². The highest BCUT2D eigenvalue weighted by Crippen LogP contribution is 2.52. The van der Waals surface area contributed by atoms with Crippen molar-refractivity contribution in [1.82, 2.24) is 0 Å². The van der Waals surface area contributed by atoms with E-state index < -0.39 is 0 Å². The van der Waals surface area contributed by atoms with Crippen LogP contribution in [-0.4, -0.2) is 0 Å². The van der Waals surface area contributed by atoms with Gasteiger partial charge in [-0.15, -0.1) is 0 Å². The SMILES string of the molecule is Cc1cc2c(cc1C)N(c1cccc(C(C)(C)C)c1)c1ccccc1S2. The fourth-order valence-corrected chi connectivity index (χ4v) is 4.53. The molecule has 0 saturated heterocycles. The summed E-state index contributed by atoms with van der Waals surface area (Å²) in [6, 6.07) is 22.3. The van der Waals surface area contributed by atoms with Gasteiger partial charge in [-0.2, -0.15) is 0 Å². The van der Waals surface area contributed by atoms with Gasteiger partial charge in [0.2, 0.25) is 0 Å². The largest absolute Gasteiger partial charge is 0.308 e. The third-order valence-electron chi connectivity index (χ3n) is 5.11. The monoisotopic (exact) mass is 359 g/mol. The Morgan fingerprint density at radius 2 is 1.46 bits per heavy atom. The molecule has 3 aromatic carbocycles. The van der Waals surface area contributed by atoms with Crippen LogP contribution in [0.25, 0.3) is 0 Å². The number of hydrogen-bond donors (Lipinski definition) is 0. The zero-order valence-corrected chi connectivity index (χ0v) is 16.9. The normalized spacial score (nSPS) is 13.3. The summed E-state index contributed by atoms with van der Waals surface area (Å²) < 4.78 is 0. The first-order chi connectivity index (χ1) is 12.3. The molecule has 1 aliphatic heterocycles. The van der Waals surface area contributed by atoms with Crippen molar-refractivity contribution in [2.75, 3.05) is 4.90 Å². The first-order valence-corrected chi connectivity index (χ1v) is 9.95. The molecule has 0 atom stereocenters. The van der Waals surface area contributed by atoms with E-state index in [1.54, 1.807) is 0 Å². The molecule has 0 spiro atoms. The third-order valence-corrected chi connectivity index (χ3v) is 6.22. The minimum Gasteiger partial charge on any atom is -0.308 e. The van der Waals surface area contributed by atoms with E-state index in [1.165, 1.54) is 43.5 Å². The molecular weight excluding hydrogens is 334 g/mol. The lowest BCUT2D eigenvalue weighted by Gasteiger charge is -2.34. The van der Waals surface area contributed by atoms with Crippen LogP contribution in [0.2, 0.25) is 0 Å². The third kappa shape index (κ3) is 2.93. The van der Waals surface area contributed by atoms with E-state index >= 15 is 0 Å². The number of para-hydroxylation sites is 1. The number of hydrogen-bond acceptors (Lipinski definition) is 2. The molecule has 0 aliphatic carbocycles. The molecular formula is C24H25NS. The van der Waals surface area contributed by atoms with Crippen molar-refractivity contribution in [3.8, 4) is 0 Å². The number of fused-ring (bicyclic) bond motifs is 2. The lowest BCUT2D eigenvalue weighted by atomic mass is 9.87. The van der Waals surface area contributed by atoms with Crippen LogP contribution in [0.1, 0.15) is 37.5 Å². The topological polar surface area (TPSA) is 3.24 Å². The molecule has 4 rings (SSSR count). The van der Waals surface area contributed by atoms with Crippen LogP contribution in [0.3, 0.4) is 0 Å². The van der Waals surface area contributed by atoms with Crippen molar-refractivity contribution in [2.45, 2.75) is 49.8 Å². The summed E-state index contributed by atoms with van der Waals surface area (Å²) in [6.07, 6.45) is 0. The van der Waals surface area contributed by atoms with Crippen molar-refractivity contribution >= 4 is 28.8 Å². The molecule has 0 unspecified atom stereocenters. The van der Waals surface area contributed by atoms with Gasteiger partial charge in [0.15, 0.2) is 0 Å². The summed E-state index contributed by atoms with van der Waals surface area (Å²) >= 11 is 1.87. The van der Waals surface area contributed by atoms with E-state index in [0.717, 1.165) is 0 Å². The zero-order valence-electron chi connectivity index (χ0n) is 16.1. The number of aryl methyl sites for hydroxylation is 2. The Labute approximate surface area is 161 Å². The van der Waals surface area contributed by atoms with Gasteiger partial charge in [0, 0.05) is 15.5 Å². The van der Waals surface area contributed by atoms with E-state index in [4.69, 9.17) is 0 Å². The summed E-state index contributed by atoms with van der Waals surface area (Å²) in [5.41, 5.74) is 7.94. The van der Waals surface area contributed by atoms with Crippen LogP contribution < -0.4 is 4.90 Å².